The largest absolute Gasteiger partial charge is 0.492 e. The van der Waals surface area contributed by atoms with Gasteiger partial charge in [0, 0.05) is 24.4 Å². The molecule has 2 aliphatic rings. The maximum atomic E-state index is 13.3. The van der Waals surface area contributed by atoms with Crippen molar-refractivity contribution < 1.29 is 23.9 Å². The molecular weight excluding hydrogens is 262 g/mol. The molecule has 2 fully saturated rings. The van der Waals surface area contributed by atoms with E-state index in [9.17, 15) is 14.4 Å². The van der Waals surface area contributed by atoms with Crippen LogP contribution in [0, 0.1) is 5.82 Å². The van der Waals surface area contributed by atoms with Gasteiger partial charge in [0.15, 0.2) is 0 Å². The normalized spacial score (nSPS) is 24.2. The van der Waals surface area contributed by atoms with E-state index >= 15 is 0 Å². The fourth-order valence-corrected chi connectivity index (χ4v) is 3.01. The van der Waals surface area contributed by atoms with E-state index in [0.29, 0.717) is 6.61 Å². The van der Waals surface area contributed by atoms with E-state index in [4.69, 9.17) is 9.47 Å². The highest BCUT2D eigenvalue weighted by Gasteiger charge is 2.43. The minimum absolute atomic E-state index is 0.0613. The molecule has 20 heavy (non-hydrogen) atoms. The van der Waals surface area contributed by atoms with Crippen LogP contribution in [0.25, 0.3) is 0 Å². The molecule has 1 spiro atoms. The van der Waals surface area contributed by atoms with Crippen molar-refractivity contribution in [1.29, 1.82) is 0 Å². The molecule has 1 aliphatic carbocycles. The Morgan fingerprint density at radius 2 is 2.15 bits per heavy atom. The van der Waals surface area contributed by atoms with Gasteiger partial charge in [0.2, 0.25) is 0 Å². The van der Waals surface area contributed by atoms with E-state index in [-0.39, 0.29) is 22.9 Å². The number of ether oxygens (including phenoxy) is 2. The van der Waals surface area contributed by atoms with Gasteiger partial charge in [-0.05, 0) is 25.3 Å². The predicted octanol–water partition coefficient (Wildman–Crippen LogP) is 0.986. The van der Waals surface area contributed by atoms with Gasteiger partial charge in [-0.25, -0.2) is 4.39 Å². The van der Waals surface area contributed by atoms with Crippen LogP contribution >= 0.6 is 0 Å². The Labute approximate surface area is 117 Å². The first kappa shape index (κ1) is 13.9. The Kier molecular flexibility index (Phi) is 3.71. The molecule has 1 saturated carbocycles. The van der Waals surface area contributed by atoms with E-state index in [0.717, 1.165) is 25.7 Å². The van der Waals surface area contributed by atoms with Gasteiger partial charge in [0.05, 0.1) is 12.2 Å². The summed E-state index contributed by atoms with van der Waals surface area (Å²) in [4.78, 5) is 0. The van der Waals surface area contributed by atoms with E-state index in [1.54, 1.807) is 0 Å². The van der Waals surface area contributed by atoms with Crippen LogP contribution in [0.15, 0.2) is 18.2 Å². The van der Waals surface area contributed by atoms with E-state index in [2.05, 4.69) is 0 Å². The summed E-state index contributed by atoms with van der Waals surface area (Å²) in [6.45, 7) is 0.636. The first-order valence-corrected chi connectivity index (χ1v) is 7.04. The number of benzene rings is 1. The van der Waals surface area contributed by atoms with E-state index in [1.807, 2.05) is 0 Å². The van der Waals surface area contributed by atoms with Crippen molar-refractivity contribution in [3.8, 4) is 5.75 Å². The maximum absolute atomic E-state index is 13.3. The van der Waals surface area contributed by atoms with Crippen molar-refractivity contribution in [3.63, 3.8) is 0 Å². The number of hydrogen-bond acceptors (Lipinski definition) is 4. The minimum atomic E-state index is -1.66. The van der Waals surface area contributed by atoms with E-state index < -0.39 is 12.9 Å². The summed E-state index contributed by atoms with van der Waals surface area (Å²) in [5, 5.41) is 18.6. The topological polar surface area (TPSA) is 58.9 Å². The third kappa shape index (κ3) is 2.68. The molecule has 0 radical (unpaired) electrons. The van der Waals surface area contributed by atoms with Gasteiger partial charge in [0.25, 0.3) is 0 Å². The second kappa shape index (κ2) is 5.35. The molecule has 1 aliphatic heterocycles. The summed E-state index contributed by atoms with van der Waals surface area (Å²) in [6.07, 6.45) is 4.72. The molecule has 0 amide bonds. The Bertz CT molecular complexity index is 490. The molecule has 1 atom stereocenters. The summed E-state index contributed by atoms with van der Waals surface area (Å²) >= 11 is 0. The third-order valence-electron chi connectivity index (χ3n) is 4.26. The molecule has 6 heteroatoms. The fraction of sp³-hybridized carbons (Fsp3) is 0.571. The predicted molar refractivity (Wildman–Crippen MR) is 72.4 cm³/mol. The minimum Gasteiger partial charge on any atom is -0.490 e. The molecule has 2 N–H and O–H groups in total. The van der Waals surface area contributed by atoms with E-state index in [1.165, 1.54) is 24.6 Å². The van der Waals surface area contributed by atoms with Crippen molar-refractivity contribution in [2.45, 2.75) is 43.8 Å². The zero-order chi connectivity index (χ0) is 14.2. The molecule has 0 aromatic heterocycles. The zero-order valence-electron chi connectivity index (χ0n) is 11.2. The molecule has 1 heterocycles. The third-order valence-corrected chi connectivity index (χ3v) is 4.26. The summed E-state index contributed by atoms with van der Waals surface area (Å²) in [7, 11) is -1.66. The lowest BCUT2D eigenvalue weighted by atomic mass is 9.74. The second-order valence-corrected chi connectivity index (χ2v) is 5.67. The van der Waals surface area contributed by atoms with Gasteiger partial charge >= 0.3 is 7.12 Å². The zero-order valence-corrected chi connectivity index (χ0v) is 11.2. The molecule has 1 saturated heterocycles. The molecule has 1 aromatic carbocycles. The molecule has 108 valence electrons. The smallest absolute Gasteiger partial charge is 0.490 e. The Balaban J connectivity index is 1.75. The molecule has 1 unspecified atom stereocenters. The van der Waals surface area contributed by atoms with Crippen molar-refractivity contribution in [3.05, 3.63) is 24.0 Å². The maximum Gasteiger partial charge on any atom is 0.492 e. The quantitative estimate of drug-likeness (QED) is 0.810. The van der Waals surface area contributed by atoms with Crippen molar-refractivity contribution in [2.24, 2.45) is 0 Å². The highest BCUT2D eigenvalue weighted by Crippen LogP contribution is 2.43. The average molecular weight is 280 g/mol. The first-order valence-electron chi connectivity index (χ1n) is 7.04. The van der Waals surface area contributed by atoms with Gasteiger partial charge in [-0.3, -0.25) is 0 Å². The second-order valence-electron chi connectivity index (χ2n) is 5.67. The molecule has 3 rings (SSSR count). The molecule has 1 aromatic rings. The van der Waals surface area contributed by atoms with Gasteiger partial charge < -0.3 is 19.5 Å². The van der Waals surface area contributed by atoms with Crippen molar-refractivity contribution in [1.82, 2.24) is 0 Å². The summed E-state index contributed by atoms with van der Waals surface area (Å²) in [5.74, 6) is -0.240. The lowest BCUT2D eigenvalue weighted by molar-refractivity contribution is -0.153. The highest BCUT2D eigenvalue weighted by molar-refractivity contribution is 6.59. The van der Waals surface area contributed by atoms with Gasteiger partial charge in [-0.2, -0.15) is 0 Å². The van der Waals surface area contributed by atoms with Crippen molar-refractivity contribution in [2.75, 3.05) is 6.61 Å². The monoisotopic (exact) mass is 280 g/mol. The van der Waals surface area contributed by atoms with Crippen LogP contribution < -0.4 is 10.2 Å². The van der Waals surface area contributed by atoms with Gasteiger partial charge in [0.1, 0.15) is 17.7 Å². The van der Waals surface area contributed by atoms with Gasteiger partial charge in [-0.15, -0.1) is 0 Å². The number of rotatable bonds is 3. The SMILES string of the molecule is OB(O)c1ccc(F)cc1OC1CCOC2(CCC2)C1. The van der Waals surface area contributed by atoms with Crippen LogP contribution in [0.2, 0.25) is 0 Å². The lowest BCUT2D eigenvalue weighted by Crippen LogP contribution is -2.49. The van der Waals surface area contributed by atoms with Gasteiger partial charge in [-0.1, -0.05) is 6.07 Å². The Morgan fingerprint density at radius 3 is 2.80 bits per heavy atom. The van der Waals surface area contributed by atoms with Crippen LogP contribution in [-0.2, 0) is 4.74 Å². The van der Waals surface area contributed by atoms with Crippen LogP contribution in [0.1, 0.15) is 32.1 Å². The number of hydrogen-bond donors (Lipinski definition) is 2. The first-order chi connectivity index (χ1) is 9.58. The summed E-state index contributed by atoms with van der Waals surface area (Å²) < 4.78 is 25.0. The average Bonchev–Trinajstić information content (AvgIpc) is 2.37. The summed E-state index contributed by atoms with van der Waals surface area (Å²) in [6, 6.07) is 3.74. The van der Waals surface area contributed by atoms with Crippen LogP contribution in [0.4, 0.5) is 4.39 Å². The van der Waals surface area contributed by atoms with Crippen molar-refractivity contribution >= 4 is 12.6 Å². The highest BCUT2D eigenvalue weighted by atomic mass is 19.1. The molecule has 4 nitrogen and oxygen atoms in total. The fourth-order valence-electron chi connectivity index (χ4n) is 3.01. The molecule has 0 bridgehead atoms. The van der Waals surface area contributed by atoms with Crippen LogP contribution in [0.5, 0.6) is 5.75 Å². The number of halogens is 1. The Hall–Kier alpha value is -1.11. The standard InChI is InChI=1S/C14H18BFO4/c16-10-2-3-12(15(17)18)13(8-10)20-11-4-7-19-14(9-11)5-1-6-14/h2-3,8,11,17-18H,1,4-7,9H2. The Morgan fingerprint density at radius 1 is 1.35 bits per heavy atom. The molecular formula is C14H18BFO4. The van der Waals surface area contributed by atoms with Crippen LogP contribution in [-0.4, -0.2) is 35.5 Å². The summed E-state index contributed by atoms with van der Waals surface area (Å²) in [5.41, 5.74) is 0.134. The van der Waals surface area contributed by atoms with Crippen LogP contribution in [0.3, 0.4) is 0 Å². The lowest BCUT2D eigenvalue weighted by Gasteiger charge is -2.47.